The van der Waals surface area contributed by atoms with Crippen LogP contribution in [0.4, 0.5) is 0 Å². The predicted molar refractivity (Wildman–Crippen MR) is 294 cm³/mol. The normalized spacial score (nSPS) is 40.1. The molecule has 3 aromatic carbocycles. The van der Waals surface area contributed by atoms with Gasteiger partial charge in [-0.2, -0.15) is 0 Å². The number of rotatable bonds is 16. The van der Waals surface area contributed by atoms with Crippen LogP contribution < -0.4 is 0 Å². The molecule has 7 saturated heterocycles. The van der Waals surface area contributed by atoms with Crippen LogP contribution in [0.25, 0.3) is 0 Å². The highest BCUT2D eigenvalue weighted by Crippen LogP contribution is 2.54. The molecule has 0 aliphatic carbocycles. The molecular weight excluding hydrogens is 993 g/mol. The molecule has 10 rings (SSSR count). The SMILES string of the molecule is C=C[C@@H]1O[C@@H]2C[C@@H]3O[C@@H]4CO[C@@H](c5ccccc5)O[C@H]4CC[C@@]3(C)O[C@@]2(C)C[C@@]1(C)OC(=O)C[C@H]1O[C@H]2C[C@H]3O[C@@H](CCCOCc4ccccc4)C[C@H](OCc4ccccc4)[C@]3(C)O[C@]2(C)C[C@@H]1O[Si](C)(C)C(C)(C)C. The van der Waals surface area contributed by atoms with Crippen molar-refractivity contribution in [2.75, 3.05) is 13.2 Å². The molecule has 0 radical (unpaired) electrons. The molecule has 0 bridgehead atoms. The molecule has 7 fully saturated rings. The largest absolute Gasteiger partial charge is 0.456 e. The fourth-order valence-electron chi connectivity index (χ4n) is 13.4. The first kappa shape index (κ1) is 56.9. The Bertz CT molecular complexity index is 2460. The van der Waals surface area contributed by atoms with Gasteiger partial charge in [0.25, 0.3) is 0 Å². The smallest absolute Gasteiger partial charge is 0.309 e. The Kier molecular flexibility index (Phi) is 16.7. The fourth-order valence-corrected chi connectivity index (χ4v) is 14.8. The van der Waals surface area contributed by atoms with E-state index in [1.165, 1.54) is 0 Å². The highest BCUT2D eigenvalue weighted by Gasteiger charge is 2.65. The lowest BCUT2D eigenvalue weighted by Crippen LogP contribution is -2.72. The predicted octanol–water partition coefficient (Wildman–Crippen LogP) is 11.8. The summed E-state index contributed by atoms with van der Waals surface area (Å²) >= 11 is 0. The number of benzene rings is 3. The summed E-state index contributed by atoms with van der Waals surface area (Å²) in [5, 5.41) is -0.104. The zero-order chi connectivity index (χ0) is 54.4. The van der Waals surface area contributed by atoms with Crippen LogP contribution in [-0.4, -0.2) is 123 Å². The number of hydrogen-bond acceptors (Lipinski definition) is 13. The summed E-state index contributed by atoms with van der Waals surface area (Å²) < 4.78 is 82.7. The van der Waals surface area contributed by atoms with Crippen LogP contribution in [0.3, 0.4) is 0 Å². The Balaban J connectivity index is 0.840. The number of carbonyl (C=O) groups excluding carboxylic acids is 1. The van der Waals surface area contributed by atoms with Gasteiger partial charge in [-0.3, -0.25) is 4.79 Å². The standard InChI is InChI=1S/C63H88O13Si/c1-12-50-61(7,41-62(8)53(72-50)35-51-59(5,75-62)31-30-46-49(70-51)40-67-57(71-46)44-27-20-15-21-28-44)73-56(64)34-47-48(74-77(10,11)58(2,3)4)37-60(6)52(69-47)36-55-63(9,76-60)54(66-39-43-25-18-14-19-26-43)33-45(68-55)29-22-32-65-38-42-23-16-13-17-24-42/h12-21,23-28,45-55,57H,1,22,29-41H2,2-11H3/t45-,46-,47+,48-,49+,50-,51-,52-,53+,54-,55+,57+,59+,60+,61+,62-,63-/m0/s1. The number of carbonyl (C=O) groups is 1. The minimum atomic E-state index is -2.42. The van der Waals surface area contributed by atoms with Crippen molar-refractivity contribution < 1.29 is 61.3 Å². The molecule has 77 heavy (non-hydrogen) atoms. The quantitative estimate of drug-likeness (QED) is 0.0585. The Labute approximate surface area is 459 Å². The van der Waals surface area contributed by atoms with Crippen molar-refractivity contribution in [3.8, 4) is 0 Å². The van der Waals surface area contributed by atoms with Gasteiger partial charge in [-0.05, 0) is 89.6 Å². The maximum atomic E-state index is 14.8. The molecule has 17 atom stereocenters. The van der Waals surface area contributed by atoms with E-state index >= 15 is 0 Å². The average Bonchev–Trinajstić information content (AvgIpc) is 3.62. The van der Waals surface area contributed by atoms with Crippen molar-refractivity contribution in [1.29, 1.82) is 0 Å². The molecule has 3 aromatic rings. The first-order valence-electron chi connectivity index (χ1n) is 28.7. The Hall–Kier alpha value is -3.35. The molecule has 0 spiro atoms. The zero-order valence-corrected chi connectivity index (χ0v) is 48.6. The van der Waals surface area contributed by atoms with Gasteiger partial charge in [0.2, 0.25) is 0 Å². The van der Waals surface area contributed by atoms with E-state index in [0.29, 0.717) is 58.5 Å². The third-order valence-electron chi connectivity index (χ3n) is 18.8. The monoisotopic (exact) mass is 1080 g/mol. The van der Waals surface area contributed by atoms with Gasteiger partial charge >= 0.3 is 5.97 Å². The van der Waals surface area contributed by atoms with Crippen molar-refractivity contribution in [3.63, 3.8) is 0 Å². The van der Waals surface area contributed by atoms with E-state index in [1.54, 1.807) is 6.08 Å². The molecule has 422 valence electrons. The van der Waals surface area contributed by atoms with E-state index in [9.17, 15) is 4.79 Å². The van der Waals surface area contributed by atoms with Crippen molar-refractivity contribution in [2.24, 2.45) is 0 Å². The van der Waals surface area contributed by atoms with Crippen LogP contribution in [0.2, 0.25) is 18.1 Å². The number of fused-ring (bicyclic) bond motifs is 5. The summed E-state index contributed by atoms with van der Waals surface area (Å²) in [7, 11) is -2.42. The highest BCUT2D eigenvalue weighted by molar-refractivity contribution is 6.74. The van der Waals surface area contributed by atoms with Gasteiger partial charge in [-0.15, -0.1) is 6.58 Å². The summed E-state index contributed by atoms with van der Waals surface area (Å²) in [6.45, 7) is 28.0. The minimum Gasteiger partial charge on any atom is -0.456 e. The van der Waals surface area contributed by atoms with E-state index in [1.807, 2.05) is 73.7 Å². The summed E-state index contributed by atoms with van der Waals surface area (Å²) in [4.78, 5) is 14.8. The second-order valence-corrected chi connectivity index (χ2v) is 30.7. The van der Waals surface area contributed by atoms with E-state index in [0.717, 1.165) is 42.4 Å². The average molecular weight is 1080 g/mol. The first-order valence-corrected chi connectivity index (χ1v) is 31.6. The van der Waals surface area contributed by atoms with E-state index in [4.69, 9.17) is 56.5 Å². The number of esters is 1. The third-order valence-corrected chi connectivity index (χ3v) is 23.3. The molecule has 7 aliphatic rings. The molecular formula is C63H88O13Si. The van der Waals surface area contributed by atoms with Gasteiger partial charge in [0.1, 0.15) is 23.4 Å². The molecule has 0 amide bonds. The molecule has 0 unspecified atom stereocenters. The zero-order valence-electron chi connectivity index (χ0n) is 47.6. The van der Waals surface area contributed by atoms with Gasteiger partial charge in [-0.25, -0.2) is 0 Å². The van der Waals surface area contributed by atoms with E-state index < -0.39 is 73.0 Å². The van der Waals surface area contributed by atoms with Crippen LogP contribution in [0.15, 0.2) is 104 Å². The lowest BCUT2D eigenvalue weighted by molar-refractivity contribution is -0.359. The van der Waals surface area contributed by atoms with Crippen molar-refractivity contribution in [1.82, 2.24) is 0 Å². The summed E-state index contributed by atoms with van der Waals surface area (Å²) in [6, 6.07) is 30.6. The molecule has 0 saturated carbocycles. The second-order valence-electron chi connectivity index (χ2n) is 25.9. The fraction of sp³-hybridized carbons (Fsp3) is 0.667. The Morgan fingerprint density at radius 1 is 0.740 bits per heavy atom. The van der Waals surface area contributed by atoms with E-state index in [2.05, 4.69) is 92.4 Å². The third kappa shape index (κ3) is 12.2. The number of ether oxygens (including phenoxy) is 11. The van der Waals surface area contributed by atoms with Crippen molar-refractivity contribution in [2.45, 2.75) is 252 Å². The molecule has 13 nitrogen and oxygen atoms in total. The first-order chi connectivity index (χ1) is 36.6. The topological polar surface area (TPSA) is 128 Å². The maximum Gasteiger partial charge on any atom is 0.309 e. The number of hydrogen-bond donors (Lipinski definition) is 0. The molecule has 7 heterocycles. The van der Waals surface area contributed by atoms with Crippen LogP contribution >= 0.6 is 0 Å². The van der Waals surface area contributed by atoms with Crippen LogP contribution in [0, 0.1) is 0 Å². The van der Waals surface area contributed by atoms with Crippen molar-refractivity contribution in [3.05, 3.63) is 120 Å². The lowest BCUT2D eigenvalue weighted by atomic mass is 9.72. The van der Waals surface area contributed by atoms with Gasteiger partial charge in [0, 0.05) is 44.3 Å². The van der Waals surface area contributed by atoms with Crippen LogP contribution in [-0.2, 0) is 74.5 Å². The van der Waals surface area contributed by atoms with Crippen LogP contribution in [0.5, 0.6) is 0 Å². The Morgan fingerprint density at radius 3 is 2.08 bits per heavy atom. The van der Waals surface area contributed by atoms with E-state index in [-0.39, 0.29) is 54.2 Å². The summed E-state index contributed by atoms with van der Waals surface area (Å²) in [5.74, 6) is -0.395. The second kappa shape index (κ2) is 22.5. The molecule has 14 heteroatoms. The van der Waals surface area contributed by atoms with Gasteiger partial charge in [-0.1, -0.05) is 118 Å². The highest BCUT2D eigenvalue weighted by atomic mass is 28.4. The summed E-state index contributed by atoms with van der Waals surface area (Å²) in [5.41, 5.74) is -0.859. The summed E-state index contributed by atoms with van der Waals surface area (Å²) in [6.07, 6.45) is 3.48. The molecule has 0 aromatic heterocycles. The van der Waals surface area contributed by atoms with Gasteiger partial charge in [0.15, 0.2) is 14.6 Å². The molecule has 0 N–H and O–H groups in total. The van der Waals surface area contributed by atoms with Gasteiger partial charge in [0.05, 0.1) is 98.0 Å². The van der Waals surface area contributed by atoms with Crippen LogP contribution in [0.1, 0.15) is 143 Å². The van der Waals surface area contributed by atoms with Crippen molar-refractivity contribution >= 4 is 14.3 Å². The lowest BCUT2D eigenvalue weighted by Gasteiger charge is -2.61. The molecule has 7 aliphatic heterocycles. The maximum absolute atomic E-state index is 14.8. The van der Waals surface area contributed by atoms with Gasteiger partial charge < -0.3 is 56.5 Å². The minimum absolute atomic E-state index is 0.0218. The Morgan fingerprint density at radius 2 is 1.39 bits per heavy atom.